The van der Waals surface area contributed by atoms with Gasteiger partial charge in [-0.1, -0.05) is 36.4 Å². The lowest BCUT2D eigenvalue weighted by atomic mass is 10.0. The number of nitrogens with two attached hydrogens (primary N) is 1. The zero-order valence-corrected chi connectivity index (χ0v) is 23.7. The minimum absolute atomic E-state index is 0.00639. The number of rotatable bonds is 7. The molecule has 0 radical (unpaired) electrons. The van der Waals surface area contributed by atoms with E-state index in [0.717, 1.165) is 28.9 Å². The topological polar surface area (TPSA) is 158 Å². The van der Waals surface area contributed by atoms with Gasteiger partial charge in [0.05, 0.1) is 42.6 Å². The van der Waals surface area contributed by atoms with Crippen molar-refractivity contribution in [1.29, 1.82) is 0 Å². The van der Waals surface area contributed by atoms with E-state index in [2.05, 4.69) is 10.2 Å². The summed E-state index contributed by atoms with van der Waals surface area (Å²) in [5.41, 5.74) is 8.39. The first kappa shape index (κ1) is 28.0. The number of fused-ring (bicyclic) bond motifs is 1. The average molecular weight is 591 g/mol. The fourth-order valence-corrected chi connectivity index (χ4v) is 6.91. The van der Waals surface area contributed by atoms with E-state index in [0.29, 0.717) is 18.6 Å². The summed E-state index contributed by atoms with van der Waals surface area (Å²) in [5.74, 6) is -0.00807. The molecule has 1 fully saturated rings. The molecular weight excluding hydrogens is 560 g/mol. The van der Waals surface area contributed by atoms with Crippen LogP contribution >= 0.6 is 0 Å². The van der Waals surface area contributed by atoms with Gasteiger partial charge in [0, 0.05) is 12.2 Å². The fraction of sp³-hybridized carbons (Fsp3) is 0.300. The molecule has 0 aliphatic carbocycles. The van der Waals surface area contributed by atoms with Gasteiger partial charge in [-0.2, -0.15) is 0 Å². The Bertz CT molecular complexity index is 1710. The zero-order valence-electron chi connectivity index (χ0n) is 22.9. The highest BCUT2D eigenvalue weighted by atomic mass is 32.2. The molecule has 42 heavy (non-hydrogen) atoms. The van der Waals surface area contributed by atoms with Gasteiger partial charge in [-0.05, 0) is 59.9 Å². The maximum Gasteiger partial charge on any atom is 0.251 e. The molecule has 2 aliphatic rings. The van der Waals surface area contributed by atoms with Crippen LogP contribution in [0.3, 0.4) is 0 Å². The number of hydrogen-bond donors (Lipinski definition) is 2. The van der Waals surface area contributed by atoms with Crippen LogP contribution in [-0.2, 0) is 31.5 Å². The third-order valence-corrected chi connectivity index (χ3v) is 9.52. The van der Waals surface area contributed by atoms with Crippen LogP contribution in [0.4, 0.5) is 5.69 Å². The highest BCUT2D eigenvalue weighted by Crippen LogP contribution is 2.38. The SMILES string of the molecule is COc1ccc(-c2ccc(CN3C(=O)[C@@H](N)CS(=O)(=O)c4ccc(-c5nnc(C6(CO)CCCO6)o5)cc43)cc2)cc1. The van der Waals surface area contributed by atoms with E-state index in [1.165, 1.54) is 11.0 Å². The molecule has 1 unspecified atom stereocenters. The molecule has 0 saturated carbocycles. The monoisotopic (exact) mass is 590 g/mol. The number of aliphatic hydroxyl groups is 1. The predicted molar refractivity (Wildman–Crippen MR) is 153 cm³/mol. The molecule has 1 saturated heterocycles. The number of sulfone groups is 1. The lowest BCUT2D eigenvalue weighted by Crippen LogP contribution is -2.45. The van der Waals surface area contributed by atoms with Gasteiger partial charge < -0.3 is 29.6 Å². The molecular formula is C30H30N4O7S. The summed E-state index contributed by atoms with van der Waals surface area (Å²) in [5, 5.41) is 18.2. The highest BCUT2D eigenvalue weighted by molar-refractivity contribution is 7.91. The van der Waals surface area contributed by atoms with E-state index in [1.54, 1.807) is 19.2 Å². The van der Waals surface area contributed by atoms with Crippen LogP contribution in [0.15, 0.2) is 76.0 Å². The van der Waals surface area contributed by atoms with Crippen LogP contribution in [0.2, 0.25) is 0 Å². The fourth-order valence-electron chi connectivity index (χ4n) is 5.35. The van der Waals surface area contributed by atoms with Crippen LogP contribution in [0.1, 0.15) is 24.3 Å². The summed E-state index contributed by atoms with van der Waals surface area (Å²) >= 11 is 0. The normalized spacial score (nSPS) is 21.6. The number of carbonyl (C=O) groups excluding carboxylic acids is 1. The second kappa shape index (κ2) is 11.0. The average Bonchev–Trinajstić information content (AvgIpc) is 3.69. The second-order valence-electron chi connectivity index (χ2n) is 10.4. The minimum Gasteiger partial charge on any atom is -0.497 e. The quantitative estimate of drug-likeness (QED) is 0.328. The van der Waals surface area contributed by atoms with Crippen molar-refractivity contribution in [2.24, 2.45) is 5.73 Å². The molecule has 11 nitrogen and oxygen atoms in total. The van der Waals surface area contributed by atoms with Gasteiger partial charge >= 0.3 is 0 Å². The molecule has 12 heteroatoms. The number of benzene rings is 3. The summed E-state index contributed by atoms with van der Waals surface area (Å²) in [6.45, 7) is 0.250. The van der Waals surface area contributed by atoms with E-state index in [1.807, 2.05) is 48.5 Å². The largest absolute Gasteiger partial charge is 0.497 e. The number of hydrogen-bond acceptors (Lipinski definition) is 10. The van der Waals surface area contributed by atoms with Crippen LogP contribution in [0.25, 0.3) is 22.6 Å². The van der Waals surface area contributed by atoms with E-state index >= 15 is 0 Å². The number of anilines is 1. The van der Waals surface area contributed by atoms with E-state index in [9.17, 15) is 18.3 Å². The lowest BCUT2D eigenvalue weighted by molar-refractivity contribution is -0.119. The van der Waals surface area contributed by atoms with Crippen LogP contribution < -0.4 is 15.4 Å². The van der Waals surface area contributed by atoms with Crippen LogP contribution in [0.5, 0.6) is 5.75 Å². The Hall–Kier alpha value is -4.10. The van der Waals surface area contributed by atoms with Gasteiger partial charge in [0.1, 0.15) is 5.75 Å². The van der Waals surface area contributed by atoms with Gasteiger partial charge in [0.15, 0.2) is 15.4 Å². The number of ether oxygens (including phenoxy) is 2. The van der Waals surface area contributed by atoms with Gasteiger partial charge in [0.2, 0.25) is 11.8 Å². The first-order valence-corrected chi connectivity index (χ1v) is 15.1. The lowest BCUT2D eigenvalue weighted by Gasteiger charge is -2.24. The Morgan fingerprint density at radius 2 is 1.74 bits per heavy atom. The molecule has 3 aromatic carbocycles. The third-order valence-electron chi connectivity index (χ3n) is 7.71. The summed E-state index contributed by atoms with van der Waals surface area (Å²) in [6.07, 6.45) is 1.28. The van der Waals surface area contributed by atoms with Crippen molar-refractivity contribution in [3.8, 4) is 28.3 Å². The molecule has 1 aromatic heterocycles. The molecule has 0 spiro atoms. The first-order chi connectivity index (χ1) is 20.2. The maximum absolute atomic E-state index is 13.5. The Morgan fingerprint density at radius 3 is 2.38 bits per heavy atom. The van der Waals surface area contributed by atoms with E-state index in [4.69, 9.17) is 19.6 Å². The summed E-state index contributed by atoms with van der Waals surface area (Å²) in [6, 6.07) is 18.6. The van der Waals surface area contributed by atoms with Crippen molar-refractivity contribution >= 4 is 21.4 Å². The number of aromatic nitrogens is 2. The predicted octanol–water partition coefficient (Wildman–Crippen LogP) is 3.06. The third kappa shape index (κ3) is 5.07. The first-order valence-electron chi connectivity index (χ1n) is 13.5. The minimum atomic E-state index is -3.87. The molecule has 218 valence electrons. The Kier molecular flexibility index (Phi) is 7.31. The van der Waals surface area contributed by atoms with Crippen molar-refractivity contribution in [1.82, 2.24) is 10.2 Å². The van der Waals surface area contributed by atoms with Crippen molar-refractivity contribution in [2.45, 2.75) is 35.9 Å². The number of methoxy groups -OCH3 is 1. The van der Waals surface area contributed by atoms with Gasteiger partial charge in [-0.25, -0.2) is 8.42 Å². The molecule has 1 amide bonds. The van der Waals surface area contributed by atoms with Gasteiger partial charge in [0.25, 0.3) is 5.89 Å². The zero-order chi connectivity index (χ0) is 29.5. The summed E-state index contributed by atoms with van der Waals surface area (Å²) < 4.78 is 43.3. The Morgan fingerprint density at radius 1 is 1.05 bits per heavy atom. The number of amides is 1. The maximum atomic E-state index is 13.5. The molecule has 2 aliphatic heterocycles. The van der Waals surface area contributed by atoms with Crippen molar-refractivity contribution in [2.75, 3.05) is 31.0 Å². The summed E-state index contributed by atoms with van der Waals surface area (Å²) in [4.78, 5) is 14.9. The van der Waals surface area contributed by atoms with Crippen LogP contribution in [0, 0.1) is 0 Å². The Labute approximate surface area is 242 Å². The van der Waals surface area contributed by atoms with Gasteiger partial charge in [-0.15, -0.1) is 10.2 Å². The molecule has 2 atom stereocenters. The molecule has 3 heterocycles. The number of aliphatic hydroxyl groups excluding tert-OH is 1. The standard InChI is InChI=1S/C30H30N4O7S/c1-39-23-10-7-21(8-11-23)20-5-3-19(4-6-20)16-34-25-15-22(9-12-26(25)42(37,38)17-24(31)28(34)36)27-32-33-29(41-27)30(18-35)13-2-14-40-30/h3-12,15,24,35H,2,13-14,16-18,31H2,1H3/t24-,30?/m0/s1. The molecule has 6 rings (SSSR count). The van der Waals surface area contributed by atoms with Crippen LogP contribution in [-0.4, -0.2) is 61.7 Å². The smallest absolute Gasteiger partial charge is 0.251 e. The van der Waals surface area contributed by atoms with E-state index < -0.39 is 33.1 Å². The second-order valence-corrected chi connectivity index (χ2v) is 12.4. The van der Waals surface area contributed by atoms with Crippen molar-refractivity contribution in [3.05, 3.63) is 78.2 Å². The molecule has 3 N–H and O–H groups in total. The van der Waals surface area contributed by atoms with E-state index in [-0.39, 0.29) is 35.5 Å². The van der Waals surface area contributed by atoms with Crippen molar-refractivity contribution in [3.63, 3.8) is 0 Å². The Balaban J connectivity index is 1.35. The number of nitrogens with zero attached hydrogens (tertiary/aromatic N) is 3. The van der Waals surface area contributed by atoms with Crippen molar-refractivity contribution < 1.29 is 32.2 Å². The molecule has 4 aromatic rings. The molecule has 0 bridgehead atoms. The van der Waals surface area contributed by atoms with Gasteiger partial charge in [-0.3, -0.25) is 4.79 Å². The summed E-state index contributed by atoms with van der Waals surface area (Å²) in [7, 11) is -2.26. The number of carbonyl (C=O) groups is 1. The highest BCUT2D eigenvalue weighted by Gasteiger charge is 2.42.